The minimum atomic E-state index is -4.09. The lowest BCUT2D eigenvalue weighted by Crippen LogP contribution is -2.39. The molecule has 0 spiro atoms. The molecular formula is C12H14F3NOS. The predicted octanol–water partition coefficient (Wildman–Crippen LogP) is 3.60. The molecule has 0 aliphatic heterocycles. The molecule has 1 amide bonds. The molecule has 1 aromatic heterocycles. The fourth-order valence-corrected chi connectivity index (χ4v) is 2.86. The van der Waals surface area contributed by atoms with E-state index in [9.17, 15) is 18.0 Å². The summed E-state index contributed by atoms with van der Waals surface area (Å²) < 4.78 is 37.4. The maximum Gasteiger partial charge on any atom is 0.391 e. The molecule has 18 heavy (non-hydrogen) atoms. The van der Waals surface area contributed by atoms with Gasteiger partial charge in [-0.15, -0.1) is 0 Å². The third-order valence-corrected chi connectivity index (χ3v) is 3.99. The van der Waals surface area contributed by atoms with Crippen molar-refractivity contribution in [1.29, 1.82) is 0 Å². The number of carbonyl (C=O) groups is 1. The van der Waals surface area contributed by atoms with E-state index in [0.717, 1.165) is 0 Å². The molecule has 2 rings (SSSR count). The first kappa shape index (κ1) is 13.4. The molecule has 0 saturated heterocycles. The molecule has 6 heteroatoms. The average molecular weight is 277 g/mol. The maximum atomic E-state index is 12.5. The lowest BCUT2D eigenvalue weighted by Gasteiger charge is -2.30. The van der Waals surface area contributed by atoms with Gasteiger partial charge in [0.15, 0.2) is 0 Å². The highest BCUT2D eigenvalue weighted by atomic mass is 32.1. The summed E-state index contributed by atoms with van der Waals surface area (Å²) in [5.41, 5.74) is 0.581. The number of alkyl halides is 3. The summed E-state index contributed by atoms with van der Waals surface area (Å²) >= 11 is 1.42. The topological polar surface area (TPSA) is 29.1 Å². The summed E-state index contributed by atoms with van der Waals surface area (Å²) in [6, 6.07) is 1.58. The van der Waals surface area contributed by atoms with Gasteiger partial charge < -0.3 is 5.32 Å². The smallest absolute Gasteiger partial charge is 0.349 e. The van der Waals surface area contributed by atoms with Crippen LogP contribution in [-0.2, 0) is 0 Å². The van der Waals surface area contributed by atoms with Crippen LogP contribution in [0.2, 0.25) is 0 Å². The Bertz CT molecular complexity index is 394. The summed E-state index contributed by atoms with van der Waals surface area (Å²) in [6.45, 7) is 0. The first-order chi connectivity index (χ1) is 8.47. The van der Waals surface area contributed by atoms with Gasteiger partial charge in [0.2, 0.25) is 0 Å². The van der Waals surface area contributed by atoms with Crippen LogP contribution < -0.4 is 5.32 Å². The lowest BCUT2D eigenvalue weighted by atomic mass is 9.85. The van der Waals surface area contributed by atoms with E-state index in [2.05, 4.69) is 5.32 Å². The van der Waals surface area contributed by atoms with Crippen molar-refractivity contribution < 1.29 is 18.0 Å². The molecule has 2 nitrogen and oxygen atoms in total. The van der Waals surface area contributed by atoms with Gasteiger partial charge in [-0.3, -0.25) is 4.79 Å². The Balaban J connectivity index is 1.82. The van der Waals surface area contributed by atoms with Gasteiger partial charge >= 0.3 is 6.18 Å². The van der Waals surface area contributed by atoms with Crippen molar-refractivity contribution >= 4 is 17.2 Å². The van der Waals surface area contributed by atoms with Crippen molar-refractivity contribution in [3.05, 3.63) is 22.4 Å². The van der Waals surface area contributed by atoms with Gasteiger partial charge in [0.1, 0.15) is 0 Å². The van der Waals surface area contributed by atoms with Gasteiger partial charge in [-0.25, -0.2) is 0 Å². The van der Waals surface area contributed by atoms with E-state index in [1.807, 2.05) is 0 Å². The summed E-state index contributed by atoms with van der Waals surface area (Å²) in [5.74, 6) is -1.39. The summed E-state index contributed by atoms with van der Waals surface area (Å²) in [6.07, 6.45) is -3.07. The number of nitrogens with one attached hydrogen (secondary N) is 1. The molecule has 0 aromatic carbocycles. The molecule has 0 bridgehead atoms. The van der Waals surface area contributed by atoms with E-state index < -0.39 is 12.1 Å². The number of thiophene rings is 1. The summed E-state index contributed by atoms with van der Waals surface area (Å²) in [5, 5.41) is 6.33. The molecule has 0 atom stereocenters. The zero-order valence-electron chi connectivity index (χ0n) is 9.67. The third kappa shape index (κ3) is 3.25. The van der Waals surface area contributed by atoms with Gasteiger partial charge in [-0.05, 0) is 37.1 Å². The number of hydrogen-bond acceptors (Lipinski definition) is 2. The van der Waals surface area contributed by atoms with E-state index in [-0.39, 0.29) is 24.8 Å². The second-order valence-corrected chi connectivity index (χ2v) is 5.36. The zero-order chi connectivity index (χ0) is 13.2. The molecule has 1 aliphatic carbocycles. The second-order valence-electron chi connectivity index (χ2n) is 4.58. The van der Waals surface area contributed by atoms with Crippen molar-refractivity contribution in [2.75, 3.05) is 0 Å². The number of rotatable bonds is 2. The monoisotopic (exact) mass is 277 g/mol. The van der Waals surface area contributed by atoms with Crippen LogP contribution in [0.3, 0.4) is 0 Å². The van der Waals surface area contributed by atoms with Crippen LogP contribution in [0.4, 0.5) is 13.2 Å². The SMILES string of the molecule is O=C(NC1CCC(C(F)(F)F)CC1)c1ccsc1. The van der Waals surface area contributed by atoms with Crippen LogP contribution in [0.25, 0.3) is 0 Å². The van der Waals surface area contributed by atoms with Crippen LogP contribution in [0.15, 0.2) is 16.8 Å². The van der Waals surface area contributed by atoms with Crippen LogP contribution in [-0.4, -0.2) is 18.1 Å². The molecule has 1 aromatic rings. The predicted molar refractivity (Wildman–Crippen MR) is 63.6 cm³/mol. The van der Waals surface area contributed by atoms with E-state index in [0.29, 0.717) is 18.4 Å². The average Bonchev–Trinajstić information content (AvgIpc) is 2.82. The molecule has 1 aliphatic rings. The Morgan fingerprint density at radius 2 is 1.94 bits per heavy atom. The van der Waals surface area contributed by atoms with Crippen molar-refractivity contribution in [3.63, 3.8) is 0 Å². The van der Waals surface area contributed by atoms with E-state index in [1.54, 1.807) is 16.8 Å². The first-order valence-electron chi connectivity index (χ1n) is 5.86. The number of amides is 1. The number of halogens is 3. The first-order valence-corrected chi connectivity index (χ1v) is 6.81. The standard InChI is InChI=1S/C12H14F3NOS/c13-12(14,15)9-1-3-10(4-2-9)16-11(17)8-5-6-18-7-8/h5-7,9-10H,1-4H2,(H,16,17). The Morgan fingerprint density at radius 3 is 2.44 bits per heavy atom. The summed E-state index contributed by atoms with van der Waals surface area (Å²) in [7, 11) is 0. The highest BCUT2D eigenvalue weighted by molar-refractivity contribution is 7.08. The molecule has 1 N–H and O–H groups in total. The number of carbonyl (C=O) groups excluding carboxylic acids is 1. The van der Waals surface area contributed by atoms with E-state index in [1.165, 1.54) is 11.3 Å². The molecular weight excluding hydrogens is 263 g/mol. The van der Waals surface area contributed by atoms with Crippen molar-refractivity contribution in [2.45, 2.75) is 37.9 Å². The lowest BCUT2D eigenvalue weighted by molar-refractivity contribution is -0.182. The Kier molecular flexibility index (Phi) is 3.94. The highest BCUT2D eigenvalue weighted by Crippen LogP contribution is 2.37. The van der Waals surface area contributed by atoms with Gasteiger partial charge in [0.25, 0.3) is 5.91 Å². The van der Waals surface area contributed by atoms with Crippen LogP contribution in [0, 0.1) is 5.92 Å². The van der Waals surface area contributed by atoms with Gasteiger partial charge in [-0.1, -0.05) is 0 Å². The van der Waals surface area contributed by atoms with Crippen LogP contribution >= 0.6 is 11.3 Å². The normalized spacial score (nSPS) is 24.8. The quantitative estimate of drug-likeness (QED) is 0.879. The highest BCUT2D eigenvalue weighted by Gasteiger charge is 2.41. The maximum absolute atomic E-state index is 12.5. The number of hydrogen-bond donors (Lipinski definition) is 1. The minimum absolute atomic E-state index is 0.109. The molecule has 1 fully saturated rings. The zero-order valence-corrected chi connectivity index (χ0v) is 10.5. The molecule has 0 unspecified atom stereocenters. The summed E-state index contributed by atoms with van der Waals surface area (Å²) in [4.78, 5) is 11.7. The largest absolute Gasteiger partial charge is 0.391 e. The minimum Gasteiger partial charge on any atom is -0.349 e. The Morgan fingerprint density at radius 1 is 1.28 bits per heavy atom. The van der Waals surface area contributed by atoms with Crippen molar-refractivity contribution in [1.82, 2.24) is 5.32 Å². The van der Waals surface area contributed by atoms with Crippen LogP contribution in [0.5, 0.6) is 0 Å². The molecule has 1 heterocycles. The van der Waals surface area contributed by atoms with Gasteiger partial charge in [-0.2, -0.15) is 24.5 Å². The van der Waals surface area contributed by atoms with Crippen molar-refractivity contribution in [2.24, 2.45) is 5.92 Å². The molecule has 1 saturated carbocycles. The van der Waals surface area contributed by atoms with Gasteiger partial charge in [0.05, 0.1) is 5.92 Å². The third-order valence-electron chi connectivity index (χ3n) is 3.31. The van der Waals surface area contributed by atoms with E-state index in [4.69, 9.17) is 0 Å². The molecule has 100 valence electrons. The van der Waals surface area contributed by atoms with Crippen LogP contribution in [0.1, 0.15) is 36.0 Å². The molecule has 0 radical (unpaired) electrons. The van der Waals surface area contributed by atoms with Crippen molar-refractivity contribution in [3.8, 4) is 0 Å². The fourth-order valence-electron chi connectivity index (χ4n) is 2.23. The second kappa shape index (κ2) is 5.30. The van der Waals surface area contributed by atoms with Gasteiger partial charge in [0, 0.05) is 17.0 Å². The Labute approximate surface area is 107 Å². The van der Waals surface area contributed by atoms with E-state index >= 15 is 0 Å². The fraction of sp³-hybridized carbons (Fsp3) is 0.583. The Hall–Kier alpha value is -1.04.